The van der Waals surface area contributed by atoms with Crippen LogP contribution in [0.15, 0.2) is 72.8 Å². The molecule has 4 unspecified atom stereocenters. The van der Waals surface area contributed by atoms with Gasteiger partial charge in [-0.1, -0.05) is 60.7 Å². The van der Waals surface area contributed by atoms with Gasteiger partial charge in [0.15, 0.2) is 0 Å². The summed E-state index contributed by atoms with van der Waals surface area (Å²) in [6, 6.07) is 19.0. The summed E-state index contributed by atoms with van der Waals surface area (Å²) < 4.78 is 5.62. The first-order valence-corrected chi connectivity index (χ1v) is 8.67. The number of amides is 1. The summed E-state index contributed by atoms with van der Waals surface area (Å²) in [6.07, 6.45) is 4.74. The number of aliphatic hydroxyl groups is 1. The Labute approximate surface area is 147 Å². The molecule has 1 saturated heterocycles. The van der Waals surface area contributed by atoms with Gasteiger partial charge in [-0.05, 0) is 24.1 Å². The normalized spacial score (nSPS) is 27.3. The van der Waals surface area contributed by atoms with Crippen molar-refractivity contribution in [3.8, 4) is 5.75 Å². The minimum atomic E-state index is -0.363. The van der Waals surface area contributed by atoms with E-state index in [0.717, 1.165) is 12.0 Å². The SMILES string of the molecule is O=C(Oc1ccccc1)N1C2C=CC(CC2CO)C1c1ccccc1. The summed E-state index contributed by atoms with van der Waals surface area (Å²) >= 11 is 0. The van der Waals surface area contributed by atoms with Crippen molar-refractivity contribution in [2.45, 2.75) is 18.5 Å². The maximum atomic E-state index is 13.0. The second-order valence-corrected chi connectivity index (χ2v) is 6.66. The van der Waals surface area contributed by atoms with Crippen LogP contribution in [-0.4, -0.2) is 28.7 Å². The van der Waals surface area contributed by atoms with E-state index in [9.17, 15) is 9.90 Å². The average Bonchev–Trinajstić information content (AvgIpc) is 2.69. The van der Waals surface area contributed by atoms with Crippen LogP contribution in [0, 0.1) is 11.8 Å². The molecule has 4 nitrogen and oxygen atoms in total. The molecule has 1 aliphatic carbocycles. The highest BCUT2D eigenvalue weighted by molar-refractivity contribution is 5.73. The Morgan fingerprint density at radius 1 is 1.04 bits per heavy atom. The third-order valence-corrected chi connectivity index (χ3v) is 5.17. The summed E-state index contributed by atoms with van der Waals surface area (Å²) in [4.78, 5) is 14.8. The van der Waals surface area contributed by atoms with Crippen molar-refractivity contribution in [1.29, 1.82) is 0 Å². The number of fused-ring (bicyclic) bond motifs is 2. The molecule has 25 heavy (non-hydrogen) atoms. The molecule has 3 aliphatic rings. The molecule has 2 aromatic carbocycles. The minimum Gasteiger partial charge on any atom is -0.410 e. The molecule has 2 heterocycles. The van der Waals surface area contributed by atoms with Crippen molar-refractivity contribution < 1.29 is 14.6 Å². The molecule has 4 atom stereocenters. The fourth-order valence-electron chi connectivity index (χ4n) is 4.04. The van der Waals surface area contributed by atoms with Crippen LogP contribution in [0.2, 0.25) is 0 Å². The number of piperidine rings is 1. The molecule has 0 saturated carbocycles. The Morgan fingerprint density at radius 3 is 2.40 bits per heavy atom. The highest BCUT2D eigenvalue weighted by atomic mass is 16.6. The summed E-state index contributed by atoms with van der Waals surface area (Å²) in [5.41, 5.74) is 1.10. The molecule has 2 aromatic rings. The van der Waals surface area contributed by atoms with Crippen LogP contribution in [-0.2, 0) is 0 Å². The molecule has 0 radical (unpaired) electrons. The number of para-hydroxylation sites is 1. The predicted octanol–water partition coefficient (Wildman–Crippen LogP) is 3.80. The van der Waals surface area contributed by atoms with E-state index in [-0.39, 0.29) is 36.6 Å². The molecule has 0 spiro atoms. The minimum absolute atomic E-state index is 0.0540. The van der Waals surface area contributed by atoms with Crippen LogP contribution in [0.3, 0.4) is 0 Å². The van der Waals surface area contributed by atoms with E-state index in [2.05, 4.69) is 18.2 Å². The van der Waals surface area contributed by atoms with E-state index in [1.807, 2.05) is 42.5 Å². The van der Waals surface area contributed by atoms with Gasteiger partial charge in [0, 0.05) is 18.4 Å². The van der Waals surface area contributed by atoms with Gasteiger partial charge < -0.3 is 9.84 Å². The molecule has 2 aliphatic heterocycles. The molecule has 5 rings (SSSR count). The van der Waals surface area contributed by atoms with E-state index in [0.29, 0.717) is 5.75 Å². The number of ether oxygens (including phenoxy) is 1. The van der Waals surface area contributed by atoms with Gasteiger partial charge in [0.05, 0.1) is 12.1 Å². The molecular weight excluding hydrogens is 314 g/mol. The first-order valence-electron chi connectivity index (χ1n) is 8.67. The Hall–Kier alpha value is -2.59. The summed E-state index contributed by atoms with van der Waals surface area (Å²) in [5.74, 6) is 0.774. The first kappa shape index (κ1) is 15.9. The Morgan fingerprint density at radius 2 is 1.72 bits per heavy atom. The lowest BCUT2D eigenvalue weighted by Gasteiger charge is -2.50. The van der Waals surface area contributed by atoms with Crippen molar-refractivity contribution in [2.75, 3.05) is 6.61 Å². The number of carbonyl (C=O) groups excluding carboxylic acids is 1. The lowest BCUT2D eigenvalue weighted by atomic mass is 9.72. The van der Waals surface area contributed by atoms with E-state index in [1.54, 1.807) is 17.0 Å². The van der Waals surface area contributed by atoms with Gasteiger partial charge in [0.2, 0.25) is 0 Å². The van der Waals surface area contributed by atoms with Gasteiger partial charge in [-0.15, -0.1) is 0 Å². The zero-order chi connectivity index (χ0) is 17.2. The number of nitrogens with zero attached hydrogens (tertiary/aromatic N) is 1. The lowest BCUT2D eigenvalue weighted by molar-refractivity contribution is 0.0121. The van der Waals surface area contributed by atoms with Crippen LogP contribution < -0.4 is 4.74 Å². The van der Waals surface area contributed by atoms with Gasteiger partial charge in [0.25, 0.3) is 0 Å². The quantitative estimate of drug-likeness (QED) is 0.868. The second-order valence-electron chi connectivity index (χ2n) is 6.66. The number of hydrogen-bond acceptors (Lipinski definition) is 3. The predicted molar refractivity (Wildman–Crippen MR) is 95.1 cm³/mol. The van der Waals surface area contributed by atoms with Crippen LogP contribution in [0.1, 0.15) is 18.0 Å². The largest absolute Gasteiger partial charge is 0.416 e. The third kappa shape index (κ3) is 2.94. The second kappa shape index (κ2) is 6.73. The summed E-state index contributed by atoms with van der Waals surface area (Å²) in [5, 5.41) is 9.75. The topological polar surface area (TPSA) is 49.8 Å². The number of carbonyl (C=O) groups is 1. The first-order chi connectivity index (χ1) is 12.3. The molecule has 4 heteroatoms. The van der Waals surface area contributed by atoms with Gasteiger partial charge in [-0.2, -0.15) is 0 Å². The van der Waals surface area contributed by atoms with Crippen molar-refractivity contribution in [3.05, 3.63) is 78.4 Å². The third-order valence-electron chi connectivity index (χ3n) is 5.17. The van der Waals surface area contributed by atoms with Crippen LogP contribution >= 0.6 is 0 Å². The van der Waals surface area contributed by atoms with E-state index in [1.165, 1.54) is 0 Å². The lowest BCUT2D eigenvalue weighted by Crippen LogP contribution is -2.56. The zero-order valence-corrected chi connectivity index (χ0v) is 13.9. The van der Waals surface area contributed by atoms with Crippen molar-refractivity contribution in [1.82, 2.24) is 4.90 Å². The van der Waals surface area contributed by atoms with Crippen molar-refractivity contribution in [3.63, 3.8) is 0 Å². The number of benzene rings is 2. The van der Waals surface area contributed by atoms with Gasteiger partial charge in [0.1, 0.15) is 5.75 Å². The molecule has 0 aromatic heterocycles. The zero-order valence-electron chi connectivity index (χ0n) is 13.9. The maximum absolute atomic E-state index is 13.0. The highest BCUT2D eigenvalue weighted by Gasteiger charge is 2.47. The Bertz CT molecular complexity index is 759. The van der Waals surface area contributed by atoms with Gasteiger partial charge >= 0.3 is 6.09 Å². The fraction of sp³-hybridized carbons (Fsp3) is 0.286. The molecular formula is C21H21NO3. The number of aliphatic hydroxyl groups excluding tert-OH is 1. The highest BCUT2D eigenvalue weighted by Crippen LogP contribution is 2.46. The molecule has 1 amide bonds. The van der Waals surface area contributed by atoms with Crippen LogP contribution in [0.5, 0.6) is 5.75 Å². The molecule has 2 bridgehead atoms. The summed E-state index contributed by atoms with van der Waals surface area (Å²) in [6.45, 7) is 0.0716. The van der Waals surface area contributed by atoms with E-state index >= 15 is 0 Å². The standard InChI is InChI=1S/C21H21NO3/c23-14-17-13-16-11-12-19(17)22(20(16)15-7-3-1-4-8-15)21(24)25-18-9-5-2-6-10-18/h1-12,16-17,19-20,23H,13-14H2. The van der Waals surface area contributed by atoms with Gasteiger partial charge in [-0.25, -0.2) is 4.79 Å². The Balaban J connectivity index is 1.68. The van der Waals surface area contributed by atoms with Crippen molar-refractivity contribution >= 4 is 6.09 Å². The van der Waals surface area contributed by atoms with Gasteiger partial charge in [-0.3, -0.25) is 4.90 Å². The van der Waals surface area contributed by atoms with Crippen LogP contribution in [0.25, 0.3) is 0 Å². The monoisotopic (exact) mass is 335 g/mol. The number of hydrogen-bond donors (Lipinski definition) is 1. The Kier molecular flexibility index (Phi) is 4.28. The molecule has 1 fully saturated rings. The van der Waals surface area contributed by atoms with E-state index < -0.39 is 0 Å². The molecule has 1 N–H and O–H groups in total. The number of rotatable bonds is 3. The van der Waals surface area contributed by atoms with E-state index in [4.69, 9.17) is 4.74 Å². The smallest absolute Gasteiger partial charge is 0.410 e. The maximum Gasteiger partial charge on any atom is 0.416 e. The average molecular weight is 335 g/mol. The van der Waals surface area contributed by atoms with Crippen molar-refractivity contribution in [2.24, 2.45) is 11.8 Å². The molecule has 128 valence electrons. The van der Waals surface area contributed by atoms with Crippen LogP contribution in [0.4, 0.5) is 4.79 Å². The fourth-order valence-corrected chi connectivity index (χ4v) is 4.04. The summed E-state index contributed by atoms with van der Waals surface area (Å²) in [7, 11) is 0.